The van der Waals surface area contributed by atoms with Crippen LogP contribution in [-0.2, 0) is 11.3 Å². The standard InChI is InChI=1S/C12H15N5OS/c13-12-17-9(6-19-12)4-14-11-3-10(15-7-16-11)8-1-2-18-5-8/h3,6-8H,1-2,4-5H2,(H2,13,17)(H,14,15,16)/t8-/m0/s1. The van der Waals surface area contributed by atoms with E-state index in [9.17, 15) is 0 Å². The van der Waals surface area contributed by atoms with Crippen molar-refractivity contribution in [1.29, 1.82) is 0 Å². The second-order valence-electron chi connectivity index (χ2n) is 4.42. The zero-order valence-corrected chi connectivity index (χ0v) is 11.2. The summed E-state index contributed by atoms with van der Waals surface area (Å²) in [5.74, 6) is 1.20. The maximum absolute atomic E-state index is 5.59. The Kier molecular flexibility index (Phi) is 3.56. The summed E-state index contributed by atoms with van der Waals surface area (Å²) in [6.07, 6.45) is 2.62. The quantitative estimate of drug-likeness (QED) is 0.883. The number of nitrogens with two attached hydrogens (primary N) is 1. The van der Waals surface area contributed by atoms with Gasteiger partial charge in [0.1, 0.15) is 12.1 Å². The van der Waals surface area contributed by atoms with Crippen LogP contribution in [0.4, 0.5) is 10.9 Å². The molecule has 1 fully saturated rings. The summed E-state index contributed by atoms with van der Waals surface area (Å²) in [4.78, 5) is 12.7. The van der Waals surface area contributed by atoms with E-state index in [4.69, 9.17) is 10.5 Å². The predicted octanol–water partition coefficient (Wildman–Crippen LogP) is 1.63. The van der Waals surface area contributed by atoms with E-state index < -0.39 is 0 Å². The van der Waals surface area contributed by atoms with Gasteiger partial charge in [-0.3, -0.25) is 0 Å². The van der Waals surface area contributed by atoms with E-state index in [1.54, 1.807) is 6.33 Å². The summed E-state index contributed by atoms with van der Waals surface area (Å²) in [6.45, 7) is 2.18. The third kappa shape index (κ3) is 2.99. The summed E-state index contributed by atoms with van der Waals surface area (Å²) >= 11 is 1.44. The molecule has 0 aromatic carbocycles. The molecule has 1 aliphatic rings. The smallest absolute Gasteiger partial charge is 0.180 e. The molecule has 0 unspecified atom stereocenters. The predicted molar refractivity (Wildman–Crippen MR) is 74.1 cm³/mol. The monoisotopic (exact) mass is 277 g/mol. The minimum absolute atomic E-state index is 0.387. The van der Waals surface area contributed by atoms with Crippen LogP contribution in [-0.4, -0.2) is 28.2 Å². The molecular formula is C12H15N5OS. The second kappa shape index (κ2) is 5.50. The lowest BCUT2D eigenvalue weighted by molar-refractivity contribution is 0.193. The normalized spacial score (nSPS) is 18.6. The summed E-state index contributed by atoms with van der Waals surface area (Å²) in [5, 5.41) is 5.76. The summed E-state index contributed by atoms with van der Waals surface area (Å²) < 4.78 is 5.38. The van der Waals surface area contributed by atoms with E-state index in [1.165, 1.54) is 11.3 Å². The van der Waals surface area contributed by atoms with Crippen molar-refractivity contribution < 1.29 is 4.74 Å². The fourth-order valence-electron chi connectivity index (χ4n) is 2.05. The first-order valence-corrected chi connectivity index (χ1v) is 7.02. The second-order valence-corrected chi connectivity index (χ2v) is 5.31. The van der Waals surface area contributed by atoms with Gasteiger partial charge >= 0.3 is 0 Å². The van der Waals surface area contributed by atoms with Crippen LogP contribution < -0.4 is 11.1 Å². The lowest BCUT2D eigenvalue weighted by Gasteiger charge is -2.09. The average Bonchev–Trinajstić information content (AvgIpc) is 3.08. The summed E-state index contributed by atoms with van der Waals surface area (Å²) in [6, 6.07) is 1.98. The van der Waals surface area contributed by atoms with E-state index in [-0.39, 0.29) is 0 Å². The molecule has 0 bridgehead atoms. The van der Waals surface area contributed by atoms with Crippen molar-refractivity contribution in [2.24, 2.45) is 0 Å². The van der Waals surface area contributed by atoms with Crippen LogP contribution in [0.1, 0.15) is 23.7 Å². The highest BCUT2D eigenvalue weighted by Crippen LogP contribution is 2.24. The molecule has 1 atom stereocenters. The lowest BCUT2D eigenvalue weighted by atomic mass is 10.1. The van der Waals surface area contributed by atoms with Gasteiger partial charge in [0, 0.05) is 24.0 Å². The molecule has 2 aromatic rings. The number of hydrogen-bond donors (Lipinski definition) is 2. The molecule has 6 nitrogen and oxygen atoms in total. The number of thiazole rings is 1. The molecule has 0 radical (unpaired) electrons. The number of ether oxygens (including phenoxy) is 1. The first-order valence-electron chi connectivity index (χ1n) is 6.14. The molecule has 3 rings (SSSR count). The Labute approximate surface area is 115 Å². The Morgan fingerprint density at radius 1 is 1.47 bits per heavy atom. The molecular weight excluding hydrogens is 262 g/mol. The molecule has 1 aliphatic heterocycles. The highest BCUT2D eigenvalue weighted by molar-refractivity contribution is 7.13. The molecule has 100 valence electrons. The SMILES string of the molecule is Nc1nc(CNc2cc([C@H]3CCOC3)ncn2)cs1. The first kappa shape index (κ1) is 12.3. The number of rotatable bonds is 4. The summed E-state index contributed by atoms with van der Waals surface area (Å²) in [7, 11) is 0. The fourth-order valence-corrected chi connectivity index (χ4v) is 2.61. The Morgan fingerprint density at radius 3 is 3.16 bits per heavy atom. The number of nitrogen functional groups attached to an aromatic ring is 1. The Bertz CT molecular complexity index is 553. The minimum atomic E-state index is 0.387. The van der Waals surface area contributed by atoms with Crippen molar-refractivity contribution in [3.05, 3.63) is 29.2 Å². The van der Waals surface area contributed by atoms with Crippen molar-refractivity contribution in [3.8, 4) is 0 Å². The third-order valence-corrected chi connectivity index (χ3v) is 3.78. The number of nitrogens with one attached hydrogen (secondary N) is 1. The Balaban J connectivity index is 1.65. The number of anilines is 2. The number of nitrogens with zero attached hydrogens (tertiary/aromatic N) is 3. The van der Waals surface area contributed by atoms with E-state index in [1.807, 2.05) is 11.4 Å². The van der Waals surface area contributed by atoms with Crippen molar-refractivity contribution in [2.45, 2.75) is 18.9 Å². The maximum atomic E-state index is 5.59. The molecule has 3 N–H and O–H groups in total. The molecule has 1 saturated heterocycles. The molecule has 0 spiro atoms. The van der Waals surface area contributed by atoms with Crippen LogP contribution in [0, 0.1) is 0 Å². The molecule has 2 aromatic heterocycles. The van der Waals surface area contributed by atoms with E-state index in [0.29, 0.717) is 17.6 Å². The van der Waals surface area contributed by atoms with Gasteiger partial charge < -0.3 is 15.8 Å². The number of aromatic nitrogens is 3. The maximum Gasteiger partial charge on any atom is 0.180 e. The molecule has 3 heterocycles. The zero-order chi connectivity index (χ0) is 13.1. The van der Waals surface area contributed by atoms with Gasteiger partial charge in [-0.2, -0.15) is 0 Å². The van der Waals surface area contributed by atoms with Gasteiger partial charge in [-0.15, -0.1) is 11.3 Å². The summed E-state index contributed by atoms with van der Waals surface area (Å²) in [5.41, 5.74) is 7.55. The van der Waals surface area contributed by atoms with Gasteiger partial charge in [0.05, 0.1) is 24.5 Å². The highest BCUT2D eigenvalue weighted by Gasteiger charge is 2.19. The largest absolute Gasteiger partial charge is 0.381 e. The molecule has 7 heteroatoms. The highest BCUT2D eigenvalue weighted by atomic mass is 32.1. The van der Waals surface area contributed by atoms with Crippen LogP contribution in [0.25, 0.3) is 0 Å². The van der Waals surface area contributed by atoms with E-state index in [0.717, 1.165) is 36.8 Å². The first-order chi connectivity index (χ1) is 9.31. The lowest BCUT2D eigenvalue weighted by Crippen LogP contribution is -2.06. The van der Waals surface area contributed by atoms with Crippen LogP contribution in [0.15, 0.2) is 17.8 Å². The number of hydrogen-bond acceptors (Lipinski definition) is 7. The molecule has 19 heavy (non-hydrogen) atoms. The van der Waals surface area contributed by atoms with Crippen LogP contribution >= 0.6 is 11.3 Å². The van der Waals surface area contributed by atoms with Crippen LogP contribution in [0.2, 0.25) is 0 Å². The van der Waals surface area contributed by atoms with E-state index in [2.05, 4.69) is 20.3 Å². The third-order valence-electron chi connectivity index (χ3n) is 3.06. The van der Waals surface area contributed by atoms with Crippen LogP contribution in [0.5, 0.6) is 0 Å². The fraction of sp³-hybridized carbons (Fsp3) is 0.417. The Hall–Kier alpha value is -1.73. The Morgan fingerprint density at radius 2 is 2.42 bits per heavy atom. The van der Waals surface area contributed by atoms with E-state index >= 15 is 0 Å². The van der Waals surface area contributed by atoms with Crippen molar-refractivity contribution in [2.75, 3.05) is 24.3 Å². The minimum Gasteiger partial charge on any atom is -0.381 e. The van der Waals surface area contributed by atoms with Gasteiger partial charge in [0.15, 0.2) is 5.13 Å². The van der Waals surface area contributed by atoms with Gasteiger partial charge in [-0.05, 0) is 6.42 Å². The van der Waals surface area contributed by atoms with Crippen molar-refractivity contribution >= 4 is 22.3 Å². The average molecular weight is 277 g/mol. The molecule has 0 saturated carbocycles. The topological polar surface area (TPSA) is 86.0 Å². The van der Waals surface area contributed by atoms with Gasteiger partial charge in [-0.25, -0.2) is 15.0 Å². The van der Waals surface area contributed by atoms with Gasteiger partial charge in [0.2, 0.25) is 0 Å². The van der Waals surface area contributed by atoms with Crippen molar-refractivity contribution in [1.82, 2.24) is 15.0 Å². The molecule has 0 aliphatic carbocycles. The molecule has 0 amide bonds. The zero-order valence-electron chi connectivity index (χ0n) is 10.4. The van der Waals surface area contributed by atoms with Crippen LogP contribution in [0.3, 0.4) is 0 Å². The van der Waals surface area contributed by atoms with Crippen molar-refractivity contribution in [3.63, 3.8) is 0 Å². The van der Waals surface area contributed by atoms with Gasteiger partial charge in [0.25, 0.3) is 0 Å². The van der Waals surface area contributed by atoms with Gasteiger partial charge in [-0.1, -0.05) is 0 Å².